The van der Waals surface area contributed by atoms with E-state index in [1.165, 1.54) is 18.4 Å². The molecular formula is C16H31N. The fourth-order valence-corrected chi connectivity index (χ4v) is 1.81. The van der Waals surface area contributed by atoms with Gasteiger partial charge in [0.2, 0.25) is 0 Å². The van der Waals surface area contributed by atoms with Gasteiger partial charge in [-0.15, -0.1) is 0 Å². The van der Waals surface area contributed by atoms with Crippen molar-refractivity contribution in [2.75, 3.05) is 19.6 Å². The second kappa shape index (κ2) is 8.52. The van der Waals surface area contributed by atoms with Gasteiger partial charge in [0.1, 0.15) is 0 Å². The first-order valence-electron chi connectivity index (χ1n) is 6.95. The second-order valence-corrected chi connectivity index (χ2v) is 5.31. The highest BCUT2D eigenvalue weighted by Gasteiger charge is 2.06. The molecule has 1 unspecified atom stereocenters. The zero-order valence-corrected chi connectivity index (χ0v) is 12.8. The van der Waals surface area contributed by atoms with Crippen LogP contribution in [0.2, 0.25) is 0 Å². The lowest BCUT2D eigenvalue weighted by molar-refractivity contribution is 0.328. The predicted molar refractivity (Wildman–Crippen MR) is 79.4 cm³/mol. The minimum absolute atomic E-state index is 0.645. The molecule has 1 atom stereocenters. The Balaban J connectivity index is 4.25. The molecule has 0 N–H and O–H groups in total. The van der Waals surface area contributed by atoms with E-state index in [1.807, 2.05) is 0 Å². The van der Waals surface area contributed by atoms with Crippen molar-refractivity contribution in [1.29, 1.82) is 0 Å². The standard InChI is InChI=1S/C16H31N/c1-8-17(9-2)12-16(7)15(6)11-10-14(5)13(3)4/h14H,3,8-12H2,1-2,4-7H3/b16-15+. The van der Waals surface area contributed by atoms with Crippen LogP contribution in [0.15, 0.2) is 23.3 Å². The maximum Gasteiger partial charge on any atom is 0.0192 e. The molecule has 0 aliphatic rings. The van der Waals surface area contributed by atoms with Crippen LogP contribution in [0.1, 0.15) is 54.4 Å². The van der Waals surface area contributed by atoms with Gasteiger partial charge in [0.15, 0.2) is 0 Å². The smallest absolute Gasteiger partial charge is 0.0192 e. The van der Waals surface area contributed by atoms with Crippen molar-refractivity contribution in [3.05, 3.63) is 23.3 Å². The first-order chi connectivity index (χ1) is 7.92. The molecule has 0 aliphatic heterocycles. The Morgan fingerprint density at radius 3 is 2.00 bits per heavy atom. The third-order valence-electron chi connectivity index (χ3n) is 3.88. The summed E-state index contributed by atoms with van der Waals surface area (Å²) in [5.74, 6) is 0.645. The first kappa shape index (κ1) is 16.4. The van der Waals surface area contributed by atoms with Gasteiger partial charge in [-0.05, 0) is 52.6 Å². The van der Waals surface area contributed by atoms with Crippen molar-refractivity contribution in [2.24, 2.45) is 5.92 Å². The lowest BCUT2D eigenvalue weighted by atomic mass is 9.94. The van der Waals surface area contributed by atoms with Crippen molar-refractivity contribution in [3.8, 4) is 0 Å². The first-order valence-corrected chi connectivity index (χ1v) is 6.95. The Bertz CT molecular complexity index is 259. The zero-order chi connectivity index (χ0) is 13.4. The monoisotopic (exact) mass is 237 g/mol. The molecule has 0 heterocycles. The highest BCUT2D eigenvalue weighted by atomic mass is 15.1. The molecule has 0 amide bonds. The van der Waals surface area contributed by atoms with Crippen molar-refractivity contribution >= 4 is 0 Å². The molecule has 0 aromatic heterocycles. The summed E-state index contributed by atoms with van der Waals surface area (Å²) in [7, 11) is 0. The summed E-state index contributed by atoms with van der Waals surface area (Å²) < 4.78 is 0. The quantitative estimate of drug-likeness (QED) is 0.555. The van der Waals surface area contributed by atoms with Gasteiger partial charge < -0.3 is 0 Å². The maximum absolute atomic E-state index is 4.03. The van der Waals surface area contributed by atoms with Gasteiger partial charge in [0, 0.05) is 6.54 Å². The van der Waals surface area contributed by atoms with Crippen molar-refractivity contribution in [1.82, 2.24) is 4.90 Å². The van der Waals surface area contributed by atoms with Gasteiger partial charge in [-0.2, -0.15) is 0 Å². The number of likely N-dealkylation sites (N-methyl/N-ethyl adjacent to an activating group) is 1. The number of hydrogen-bond acceptors (Lipinski definition) is 1. The average Bonchev–Trinajstić information content (AvgIpc) is 2.31. The van der Waals surface area contributed by atoms with Crippen molar-refractivity contribution < 1.29 is 0 Å². The predicted octanol–water partition coefficient (Wildman–Crippen LogP) is 4.66. The van der Waals surface area contributed by atoms with E-state index in [9.17, 15) is 0 Å². The number of nitrogens with zero attached hydrogens (tertiary/aromatic N) is 1. The molecule has 100 valence electrons. The van der Waals surface area contributed by atoms with Gasteiger partial charge in [0.25, 0.3) is 0 Å². The van der Waals surface area contributed by atoms with E-state index < -0.39 is 0 Å². The number of rotatable bonds is 8. The Morgan fingerprint density at radius 1 is 1.06 bits per heavy atom. The summed E-state index contributed by atoms with van der Waals surface area (Å²) in [6.07, 6.45) is 2.44. The van der Waals surface area contributed by atoms with E-state index in [0.29, 0.717) is 5.92 Å². The highest BCUT2D eigenvalue weighted by Crippen LogP contribution is 2.19. The molecular weight excluding hydrogens is 206 g/mol. The molecule has 1 heteroatoms. The summed E-state index contributed by atoms with van der Waals surface area (Å²) in [5.41, 5.74) is 4.41. The topological polar surface area (TPSA) is 3.24 Å². The third kappa shape index (κ3) is 6.68. The maximum atomic E-state index is 4.03. The van der Waals surface area contributed by atoms with E-state index in [-0.39, 0.29) is 0 Å². The van der Waals surface area contributed by atoms with Crippen molar-refractivity contribution in [3.63, 3.8) is 0 Å². The van der Waals surface area contributed by atoms with Gasteiger partial charge in [-0.25, -0.2) is 0 Å². The minimum Gasteiger partial charge on any atom is -0.300 e. The van der Waals surface area contributed by atoms with E-state index in [4.69, 9.17) is 0 Å². The molecule has 0 radical (unpaired) electrons. The molecule has 0 saturated carbocycles. The van der Waals surface area contributed by atoms with Crippen LogP contribution in [0.25, 0.3) is 0 Å². The largest absolute Gasteiger partial charge is 0.300 e. The summed E-state index contributed by atoms with van der Waals surface area (Å²) in [6, 6.07) is 0. The van der Waals surface area contributed by atoms with Crippen LogP contribution in [0.3, 0.4) is 0 Å². The molecule has 0 spiro atoms. The van der Waals surface area contributed by atoms with Crippen molar-refractivity contribution in [2.45, 2.75) is 54.4 Å². The van der Waals surface area contributed by atoms with Crippen LogP contribution in [-0.4, -0.2) is 24.5 Å². The summed E-state index contributed by atoms with van der Waals surface area (Å²) in [5, 5.41) is 0. The zero-order valence-electron chi connectivity index (χ0n) is 12.8. The second-order valence-electron chi connectivity index (χ2n) is 5.31. The lowest BCUT2D eigenvalue weighted by Gasteiger charge is -2.20. The van der Waals surface area contributed by atoms with E-state index in [1.54, 1.807) is 11.1 Å². The van der Waals surface area contributed by atoms with Crippen LogP contribution >= 0.6 is 0 Å². The van der Waals surface area contributed by atoms with E-state index >= 15 is 0 Å². The molecule has 17 heavy (non-hydrogen) atoms. The molecule has 0 saturated heterocycles. The van der Waals surface area contributed by atoms with Crippen LogP contribution in [0.5, 0.6) is 0 Å². The van der Waals surface area contributed by atoms with Gasteiger partial charge in [-0.1, -0.05) is 44.1 Å². The van der Waals surface area contributed by atoms with Crippen LogP contribution in [0.4, 0.5) is 0 Å². The van der Waals surface area contributed by atoms with E-state index in [2.05, 4.69) is 53.0 Å². The minimum atomic E-state index is 0.645. The average molecular weight is 237 g/mol. The van der Waals surface area contributed by atoms with Crippen LogP contribution in [-0.2, 0) is 0 Å². The van der Waals surface area contributed by atoms with Gasteiger partial charge in [0.05, 0.1) is 0 Å². The Morgan fingerprint density at radius 2 is 1.59 bits per heavy atom. The fourth-order valence-electron chi connectivity index (χ4n) is 1.81. The SMILES string of the molecule is C=C(C)C(C)CC/C(C)=C(\C)CN(CC)CC. The highest BCUT2D eigenvalue weighted by molar-refractivity contribution is 5.12. The molecule has 0 bridgehead atoms. The number of allylic oxidation sites excluding steroid dienone is 2. The van der Waals surface area contributed by atoms with Gasteiger partial charge >= 0.3 is 0 Å². The number of hydrogen-bond donors (Lipinski definition) is 0. The Kier molecular flexibility index (Phi) is 8.24. The Labute approximate surface area is 109 Å². The molecule has 0 rings (SSSR count). The molecule has 0 fully saturated rings. The lowest BCUT2D eigenvalue weighted by Crippen LogP contribution is -2.25. The molecule has 1 nitrogen and oxygen atoms in total. The van der Waals surface area contributed by atoms with Gasteiger partial charge in [-0.3, -0.25) is 4.90 Å². The molecule has 0 aromatic rings. The van der Waals surface area contributed by atoms with Crippen LogP contribution in [0, 0.1) is 5.92 Å². The Hall–Kier alpha value is -0.560. The molecule has 0 aromatic carbocycles. The molecule has 0 aliphatic carbocycles. The van der Waals surface area contributed by atoms with E-state index in [0.717, 1.165) is 19.6 Å². The summed E-state index contributed by atoms with van der Waals surface area (Å²) >= 11 is 0. The fraction of sp³-hybridized carbons (Fsp3) is 0.750. The third-order valence-corrected chi connectivity index (χ3v) is 3.88. The summed E-state index contributed by atoms with van der Waals surface area (Å²) in [6.45, 7) is 20.9. The summed E-state index contributed by atoms with van der Waals surface area (Å²) in [4.78, 5) is 2.47. The van der Waals surface area contributed by atoms with Crippen LogP contribution < -0.4 is 0 Å². The normalized spacial score (nSPS) is 14.8.